The van der Waals surface area contributed by atoms with E-state index in [1.165, 1.54) is 7.11 Å². The third-order valence-electron chi connectivity index (χ3n) is 4.74. The van der Waals surface area contributed by atoms with Crippen LogP contribution in [-0.2, 0) is 9.53 Å². The van der Waals surface area contributed by atoms with Gasteiger partial charge in [0.05, 0.1) is 13.2 Å². The number of rotatable bonds is 1. The summed E-state index contributed by atoms with van der Waals surface area (Å²) in [6, 6.07) is 7.69. The van der Waals surface area contributed by atoms with Crippen LogP contribution in [0.2, 0.25) is 0 Å². The van der Waals surface area contributed by atoms with Gasteiger partial charge in [-0.1, -0.05) is 36.1 Å². The molecular weight excluding hydrogens is 288 g/mol. The maximum atomic E-state index is 12.8. The van der Waals surface area contributed by atoms with Crippen LogP contribution < -0.4 is 0 Å². The van der Waals surface area contributed by atoms with E-state index >= 15 is 0 Å². The van der Waals surface area contributed by atoms with Crippen LogP contribution in [0.4, 0.5) is 0 Å². The zero-order valence-corrected chi connectivity index (χ0v) is 12.7. The molecule has 0 spiro atoms. The molecule has 0 aliphatic heterocycles. The molecule has 0 fully saturated rings. The molecule has 3 heteroatoms. The summed E-state index contributed by atoms with van der Waals surface area (Å²) in [7, 11) is 1.35. The van der Waals surface area contributed by atoms with Crippen LogP contribution in [0.3, 0.4) is 0 Å². The molecule has 0 saturated heterocycles. The Bertz CT molecular complexity index is 816. The van der Waals surface area contributed by atoms with E-state index in [0.717, 1.165) is 11.1 Å². The van der Waals surface area contributed by atoms with Crippen LogP contribution >= 0.6 is 0 Å². The minimum absolute atomic E-state index is 0.252. The van der Waals surface area contributed by atoms with Gasteiger partial charge in [-0.3, -0.25) is 4.79 Å². The highest BCUT2D eigenvalue weighted by molar-refractivity contribution is 6.01. The molecule has 23 heavy (non-hydrogen) atoms. The zero-order chi connectivity index (χ0) is 16.6. The quantitative estimate of drug-likeness (QED) is 0.639. The molecule has 1 aromatic rings. The molecule has 0 amide bonds. The van der Waals surface area contributed by atoms with Gasteiger partial charge in [0.25, 0.3) is 0 Å². The number of allylic oxidation sites excluding steroid dienone is 1. The van der Waals surface area contributed by atoms with E-state index in [1.807, 2.05) is 24.3 Å². The van der Waals surface area contributed by atoms with E-state index in [0.29, 0.717) is 17.6 Å². The highest BCUT2D eigenvalue weighted by Gasteiger charge is 2.57. The maximum Gasteiger partial charge on any atom is 0.320 e. The molecule has 0 saturated carbocycles. The van der Waals surface area contributed by atoms with Crippen LogP contribution in [0.1, 0.15) is 23.5 Å². The summed E-state index contributed by atoms with van der Waals surface area (Å²) in [5.74, 6) is 4.33. The second-order valence-electron chi connectivity index (χ2n) is 5.72. The van der Waals surface area contributed by atoms with Crippen molar-refractivity contribution in [1.82, 2.24) is 0 Å². The number of benzene rings is 1. The van der Waals surface area contributed by atoms with Crippen molar-refractivity contribution in [3.8, 4) is 24.7 Å². The van der Waals surface area contributed by atoms with Gasteiger partial charge in [-0.25, -0.2) is 0 Å². The van der Waals surface area contributed by atoms with Gasteiger partial charge in [0.1, 0.15) is 5.41 Å². The summed E-state index contributed by atoms with van der Waals surface area (Å²) in [5.41, 5.74) is 1.90. The SMILES string of the molecule is C#C/C=C1\c2ccccc2[C@H]2C[C@H](O)C(C#C)=C[C@@]12C(=O)OC. The van der Waals surface area contributed by atoms with Gasteiger partial charge in [0.15, 0.2) is 0 Å². The summed E-state index contributed by atoms with van der Waals surface area (Å²) >= 11 is 0. The minimum Gasteiger partial charge on any atom is -0.468 e. The van der Waals surface area contributed by atoms with Crippen LogP contribution in [0, 0.1) is 30.1 Å². The van der Waals surface area contributed by atoms with E-state index < -0.39 is 17.5 Å². The summed E-state index contributed by atoms with van der Waals surface area (Å²) in [5, 5.41) is 10.3. The van der Waals surface area contributed by atoms with Crippen molar-refractivity contribution in [3.63, 3.8) is 0 Å². The summed E-state index contributed by atoms with van der Waals surface area (Å²) in [6.45, 7) is 0. The molecule has 114 valence electrons. The van der Waals surface area contributed by atoms with Gasteiger partial charge >= 0.3 is 5.97 Å². The molecule has 2 aliphatic carbocycles. The average Bonchev–Trinajstić information content (AvgIpc) is 2.85. The van der Waals surface area contributed by atoms with Crippen molar-refractivity contribution in [2.45, 2.75) is 18.4 Å². The average molecular weight is 304 g/mol. The monoisotopic (exact) mass is 304 g/mol. The fourth-order valence-electron chi connectivity index (χ4n) is 3.78. The van der Waals surface area contributed by atoms with Crippen LogP contribution in [0.15, 0.2) is 42.0 Å². The lowest BCUT2D eigenvalue weighted by Gasteiger charge is -2.37. The Balaban J connectivity index is 2.37. The lowest BCUT2D eigenvalue weighted by atomic mass is 9.66. The molecule has 0 radical (unpaired) electrons. The number of fused-ring (bicyclic) bond motifs is 3. The van der Waals surface area contributed by atoms with Gasteiger partial charge in [0, 0.05) is 11.5 Å². The van der Waals surface area contributed by atoms with Gasteiger partial charge in [-0.05, 0) is 35.3 Å². The Morgan fingerprint density at radius 3 is 2.83 bits per heavy atom. The first-order valence-electron chi connectivity index (χ1n) is 7.32. The van der Waals surface area contributed by atoms with E-state index in [4.69, 9.17) is 17.6 Å². The number of carbonyl (C=O) groups is 1. The Hall–Kier alpha value is -2.75. The zero-order valence-electron chi connectivity index (χ0n) is 12.7. The largest absolute Gasteiger partial charge is 0.468 e. The first-order valence-corrected chi connectivity index (χ1v) is 7.32. The molecule has 0 bridgehead atoms. The lowest BCUT2D eigenvalue weighted by molar-refractivity contribution is -0.148. The van der Waals surface area contributed by atoms with E-state index in [2.05, 4.69) is 11.8 Å². The van der Waals surface area contributed by atoms with Crippen LogP contribution in [-0.4, -0.2) is 24.3 Å². The van der Waals surface area contributed by atoms with Gasteiger partial charge in [-0.15, -0.1) is 12.8 Å². The third-order valence-corrected chi connectivity index (χ3v) is 4.74. The number of terminal acetylenes is 2. The van der Waals surface area contributed by atoms with Gasteiger partial charge in [-0.2, -0.15) is 0 Å². The minimum atomic E-state index is -1.08. The summed E-state index contributed by atoms with van der Waals surface area (Å²) < 4.78 is 5.09. The standard InChI is InChI=1S/C20H16O3/c1-4-8-16-14-9-6-7-10-15(14)17-11-18(21)13(5-2)12-20(16,17)19(22)23-3/h1-2,6-10,12,17-18,21H,11H2,3H3/b16-8+/t17-,18+,20-/m1/s1. The molecule has 0 aromatic heterocycles. The number of ether oxygens (including phenoxy) is 1. The summed E-state index contributed by atoms with van der Waals surface area (Å²) in [6.07, 6.45) is 13.8. The molecular formula is C20H16O3. The summed E-state index contributed by atoms with van der Waals surface area (Å²) in [4.78, 5) is 12.8. The van der Waals surface area contributed by atoms with Gasteiger partial charge in [0.2, 0.25) is 0 Å². The molecule has 3 atom stereocenters. The second-order valence-corrected chi connectivity index (χ2v) is 5.72. The molecule has 2 aliphatic rings. The van der Waals surface area contributed by atoms with E-state index in [1.54, 1.807) is 12.2 Å². The Labute approximate surface area is 135 Å². The fraction of sp³-hybridized carbons (Fsp3) is 0.250. The van der Waals surface area contributed by atoms with Crippen molar-refractivity contribution in [3.05, 3.63) is 53.1 Å². The number of hydrogen-bond acceptors (Lipinski definition) is 3. The van der Waals surface area contributed by atoms with Crippen LogP contribution in [0.5, 0.6) is 0 Å². The Morgan fingerprint density at radius 2 is 2.17 bits per heavy atom. The molecule has 1 aromatic carbocycles. The fourth-order valence-corrected chi connectivity index (χ4v) is 3.78. The normalized spacial score (nSPS) is 29.7. The Kier molecular flexibility index (Phi) is 3.60. The number of hydrogen-bond donors (Lipinski definition) is 1. The van der Waals surface area contributed by atoms with E-state index in [9.17, 15) is 9.90 Å². The van der Waals surface area contributed by atoms with Crippen LogP contribution in [0.25, 0.3) is 5.57 Å². The lowest BCUT2D eigenvalue weighted by Crippen LogP contribution is -2.39. The van der Waals surface area contributed by atoms with Crippen molar-refractivity contribution >= 4 is 11.5 Å². The number of aliphatic hydroxyl groups excluding tert-OH is 1. The van der Waals surface area contributed by atoms with Crippen molar-refractivity contribution < 1.29 is 14.6 Å². The van der Waals surface area contributed by atoms with Crippen molar-refractivity contribution in [2.24, 2.45) is 5.41 Å². The maximum absolute atomic E-state index is 12.8. The van der Waals surface area contributed by atoms with Crippen molar-refractivity contribution in [2.75, 3.05) is 7.11 Å². The highest BCUT2D eigenvalue weighted by Crippen LogP contribution is 2.60. The topological polar surface area (TPSA) is 46.5 Å². The first kappa shape index (κ1) is 15.2. The molecule has 3 rings (SSSR count). The number of esters is 1. The molecule has 0 unspecified atom stereocenters. The molecule has 0 heterocycles. The van der Waals surface area contributed by atoms with Gasteiger partial charge < -0.3 is 9.84 Å². The number of carbonyl (C=O) groups excluding carboxylic acids is 1. The molecule has 3 nitrogen and oxygen atoms in total. The smallest absolute Gasteiger partial charge is 0.320 e. The van der Waals surface area contributed by atoms with Crippen molar-refractivity contribution in [1.29, 1.82) is 0 Å². The first-order chi connectivity index (χ1) is 11.1. The predicted octanol–water partition coefficient (Wildman–Crippen LogP) is 2.28. The highest BCUT2D eigenvalue weighted by atomic mass is 16.5. The van der Waals surface area contributed by atoms with E-state index in [-0.39, 0.29) is 5.92 Å². The number of methoxy groups -OCH3 is 1. The third kappa shape index (κ3) is 1.95. The molecule has 1 N–H and O–H groups in total. The predicted molar refractivity (Wildman–Crippen MR) is 88.0 cm³/mol. The second kappa shape index (κ2) is 5.47. The Morgan fingerprint density at radius 1 is 1.43 bits per heavy atom. The number of aliphatic hydroxyl groups is 1.